The van der Waals surface area contributed by atoms with E-state index in [1.54, 1.807) is 30.6 Å². The molecule has 5 heteroatoms. The molecule has 0 fully saturated rings. The third-order valence-corrected chi connectivity index (χ3v) is 2.94. The van der Waals surface area contributed by atoms with E-state index in [1.807, 2.05) is 19.1 Å². The molecule has 4 nitrogen and oxygen atoms in total. The smallest absolute Gasteiger partial charge is 0.270 e. The zero-order valence-corrected chi connectivity index (χ0v) is 11.4. The van der Waals surface area contributed by atoms with Crippen molar-refractivity contribution >= 4 is 21.8 Å². The van der Waals surface area contributed by atoms with E-state index in [1.165, 1.54) is 0 Å². The molecule has 0 saturated heterocycles. The number of carbonyl (C=O) groups is 1. The molecule has 0 bridgehead atoms. The van der Waals surface area contributed by atoms with Crippen LogP contribution < -0.4 is 5.32 Å². The van der Waals surface area contributed by atoms with Crippen LogP contribution in [-0.2, 0) is 0 Å². The summed E-state index contributed by atoms with van der Waals surface area (Å²) < 4.78 is 0.645. The zero-order valence-electron chi connectivity index (χ0n) is 9.80. The highest BCUT2D eigenvalue weighted by atomic mass is 79.9. The molecule has 1 N–H and O–H groups in total. The van der Waals surface area contributed by atoms with Crippen molar-refractivity contribution in [3.8, 4) is 0 Å². The molecule has 18 heavy (non-hydrogen) atoms. The lowest BCUT2D eigenvalue weighted by Crippen LogP contribution is -2.27. The van der Waals surface area contributed by atoms with Gasteiger partial charge in [-0.25, -0.2) is 4.98 Å². The average Bonchev–Trinajstić information content (AvgIpc) is 2.39. The van der Waals surface area contributed by atoms with Gasteiger partial charge in [0.05, 0.1) is 6.04 Å². The van der Waals surface area contributed by atoms with Gasteiger partial charge in [0.1, 0.15) is 10.3 Å². The molecule has 0 radical (unpaired) electrons. The van der Waals surface area contributed by atoms with Crippen LogP contribution in [0.25, 0.3) is 0 Å². The van der Waals surface area contributed by atoms with Crippen LogP contribution in [0.2, 0.25) is 0 Å². The molecule has 0 aliphatic rings. The number of hydrogen-bond acceptors (Lipinski definition) is 3. The predicted molar refractivity (Wildman–Crippen MR) is 72.1 cm³/mol. The fraction of sp³-hybridized carbons (Fsp3) is 0.154. The molecule has 0 aliphatic carbocycles. The van der Waals surface area contributed by atoms with Crippen molar-refractivity contribution in [3.63, 3.8) is 0 Å². The predicted octanol–water partition coefficient (Wildman–Crippen LogP) is 2.73. The van der Waals surface area contributed by atoms with E-state index in [9.17, 15) is 4.79 Å². The Labute approximate surface area is 114 Å². The first kappa shape index (κ1) is 12.7. The minimum Gasteiger partial charge on any atom is -0.344 e. The lowest BCUT2D eigenvalue weighted by atomic mass is 10.1. The van der Waals surface area contributed by atoms with Crippen LogP contribution in [0, 0.1) is 0 Å². The number of nitrogens with one attached hydrogen (secondary N) is 1. The van der Waals surface area contributed by atoms with Crippen molar-refractivity contribution in [1.82, 2.24) is 15.3 Å². The van der Waals surface area contributed by atoms with Gasteiger partial charge in [0.25, 0.3) is 5.91 Å². The monoisotopic (exact) mass is 305 g/mol. The standard InChI is InChI=1S/C13H12BrN3O/c1-9(10-5-7-15-8-6-10)16-13(18)11-3-2-4-12(14)17-11/h2-9H,1H3,(H,16,18). The van der Waals surface area contributed by atoms with Crippen LogP contribution in [-0.4, -0.2) is 15.9 Å². The van der Waals surface area contributed by atoms with Crippen LogP contribution in [0.4, 0.5) is 0 Å². The normalized spacial score (nSPS) is 11.9. The van der Waals surface area contributed by atoms with Crippen LogP contribution in [0.5, 0.6) is 0 Å². The van der Waals surface area contributed by atoms with Crippen molar-refractivity contribution in [2.75, 3.05) is 0 Å². The number of rotatable bonds is 3. The molecule has 0 spiro atoms. The third-order valence-electron chi connectivity index (χ3n) is 2.50. The maximum Gasteiger partial charge on any atom is 0.270 e. The van der Waals surface area contributed by atoms with Crippen molar-refractivity contribution in [1.29, 1.82) is 0 Å². The number of halogens is 1. The Balaban J connectivity index is 2.08. The van der Waals surface area contributed by atoms with Gasteiger partial charge in [-0.1, -0.05) is 6.07 Å². The second kappa shape index (κ2) is 5.73. The van der Waals surface area contributed by atoms with Gasteiger partial charge in [0, 0.05) is 12.4 Å². The molecular formula is C13H12BrN3O. The van der Waals surface area contributed by atoms with E-state index in [0.29, 0.717) is 10.3 Å². The van der Waals surface area contributed by atoms with E-state index >= 15 is 0 Å². The van der Waals surface area contributed by atoms with E-state index in [0.717, 1.165) is 5.56 Å². The third kappa shape index (κ3) is 3.13. The van der Waals surface area contributed by atoms with Gasteiger partial charge in [-0.05, 0) is 52.7 Å². The maximum absolute atomic E-state index is 12.0. The molecule has 2 aromatic heterocycles. The van der Waals surface area contributed by atoms with E-state index < -0.39 is 0 Å². The van der Waals surface area contributed by atoms with Crippen LogP contribution in [0.1, 0.15) is 29.0 Å². The molecule has 0 saturated carbocycles. The van der Waals surface area contributed by atoms with E-state index in [-0.39, 0.29) is 11.9 Å². The summed E-state index contributed by atoms with van der Waals surface area (Å²) in [5.41, 5.74) is 1.40. The highest BCUT2D eigenvalue weighted by molar-refractivity contribution is 9.10. The first-order valence-electron chi connectivity index (χ1n) is 5.50. The Kier molecular flexibility index (Phi) is 4.04. The highest BCUT2D eigenvalue weighted by Crippen LogP contribution is 2.12. The van der Waals surface area contributed by atoms with Crippen molar-refractivity contribution in [2.24, 2.45) is 0 Å². The van der Waals surface area contributed by atoms with Gasteiger partial charge in [-0.15, -0.1) is 0 Å². The van der Waals surface area contributed by atoms with Gasteiger partial charge < -0.3 is 5.32 Å². The van der Waals surface area contributed by atoms with E-state index in [2.05, 4.69) is 31.2 Å². The second-order valence-electron chi connectivity index (χ2n) is 3.82. The summed E-state index contributed by atoms with van der Waals surface area (Å²) in [6.45, 7) is 1.92. The van der Waals surface area contributed by atoms with Crippen LogP contribution >= 0.6 is 15.9 Å². The van der Waals surface area contributed by atoms with Crippen LogP contribution in [0.15, 0.2) is 47.3 Å². The highest BCUT2D eigenvalue weighted by Gasteiger charge is 2.12. The number of nitrogens with zero attached hydrogens (tertiary/aromatic N) is 2. The quantitative estimate of drug-likeness (QED) is 0.887. The summed E-state index contributed by atoms with van der Waals surface area (Å²) in [6, 6.07) is 8.91. The largest absolute Gasteiger partial charge is 0.344 e. The minimum absolute atomic E-state index is 0.0821. The molecule has 92 valence electrons. The minimum atomic E-state index is -0.194. The number of amides is 1. The van der Waals surface area contributed by atoms with Gasteiger partial charge in [0.15, 0.2) is 0 Å². The summed E-state index contributed by atoms with van der Waals surface area (Å²) in [6.07, 6.45) is 3.41. The summed E-state index contributed by atoms with van der Waals surface area (Å²) >= 11 is 3.24. The SMILES string of the molecule is CC(NC(=O)c1cccc(Br)n1)c1ccncc1. The molecule has 1 unspecified atom stereocenters. The summed E-state index contributed by atoms with van der Waals surface area (Å²) in [7, 11) is 0. The maximum atomic E-state index is 12.0. The van der Waals surface area contributed by atoms with Crippen molar-refractivity contribution in [3.05, 3.63) is 58.6 Å². The number of pyridine rings is 2. The Morgan fingerprint density at radius 2 is 2.00 bits per heavy atom. The molecule has 2 aromatic rings. The molecule has 2 rings (SSSR count). The molecular weight excluding hydrogens is 294 g/mol. The first-order chi connectivity index (χ1) is 8.66. The summed E-state index contributed by atoms with van der Waals surface area (Å²) in [4.78, 5) is 20.0. The molecule has 2 heterocycles. The van der Waals surface area contributed by atoms with Crippen molar-refractivity contribution in [2.45, 2.75) is 13.0 Å². The lowest BCUT2D eigenvalue weighted by Gasteiger charge is -2.13. The summed E-state index contributed by atoms with van der Waals surface area (Å²) in [5, 5.41) is 2.89. The lowest BCUT2D eigenvalue weighted by molar-refractivity contribution is 0.0934. The first-order valence-corrected chi connectivity index (χ1v) is 6.29. The Bertz CT molecular complexity index is 545. The van der Waals surface area contributed by atoms with Gasteiger partial charge >= 0.3 is 0 Å². The second-order valence-corrected chi connectivity index (χ2v) is 4.63. The Morgan fingerprint density at radius 1 is 1.28 bits per heavy atom. The van der Waals surface area contributed by atoms with Gasteiger partial charge in [0.2, 0.25) is 0 Å². The zero-order chi connectivity index (χ0) is 13.0. The summed E-state index contributed by atoms with van der Waals surface area (Å²) in [5.74, 6) is -0.194. The van der Waals surface area contributed by atoms with E-state index in [4.69, 9.17) is 0 Å². The Morgan fingerprint density at radius 3 is 2.67 bits per heavy atom. The average molecular weight is 306 g/mol. The number of hydrogen-bond donors (Lipinski definition) is 1. The molecule has 1 amide bonds. The number of carbonyl (C=O) groups excluding carboxylic acids is 1. The van der Waals surface area contributed by atoms with Crippen LogP contribution in [0.3, 0.4) is 0 Å². The fourth-order valence-corrected chi connectivity index (χ4v) is 1.88. The molecule has 0 aliphatic heterocycles. The molecule has 1 atom stereocenters. The van der Waals surface area contributed by atoms with Crippen molar-refractivity contribution < 1.29 is 4.79 Å². The topological polar surface area (TPSA) is 54.9 Å². The molecule has 0 aromatic carbocycles. The van der Waals surface area contributed by atoms with Gasteiger partial charge in [-0.3, -0.25) is 9.78 Å². The van der Waals surface area contributed by atoms with Gasteiger partial charge in [-0.2, -0.15) is 0 Å². The Hall–Kier alpha value is -1.75. The number of aromatic nitrogens is 2. The fourth-order valence-electron chi connectivity index (χ4n) is 1.54.